The van der Waals surface area contributed by atoms with E-state index in [-0.39, 0.29) is 5.91 Å². The molecule has 1 amide bonds. The fourth-order valence-electron chi connectivity index (χ4n) is 2.85. The number of hydrogen-bond donors (Lipinski definition) is 1. The lowest BCUT2D eigenvalue weighted by atomic mass is 10.2. The highest BCUT2D eigenvalue weighted by atomic mass is 16.2. The highest BCUT2D eigenvalue weighted by Crippen LogP contribution is 2.17. The maximum absolute atomic E-state index is 12.8. The Morgan fingerprint density at radius 3 is 2.71 bits per heavy atom. The van der Waals surface area contributed by atoms with Gasteiger partial charge >= 0.3 is 0 Å². The van der Waals surface area contributed by atoms with E-state index in [4.69, 9.17) is 0 Å². The number of nitrogens with one attached hydrogen (secondary N) is 1. The highest BCUT2D eigenvalue weighted by molar-refractivity contribution is 6.02. The number of pyridine rings is 2. The molecule has 0 spiro atoms. The van der Waals surface area contributed by atoms with E-state index in [2.05, 4.69) is 30.4 Å². The third-order valence-electron chi connectivity index (χ3n) is 3.99. The monoisotopic (exact) mass is 371 g/mol. The fourth-order valence-corrected chi connectivity index (χ4v) is 2.85. The van der Waals surface area contributed by atoms with Crippen LogP contribution in [0.15, 0.2) is 61.2 Å². The van der Waals surface area contributed by atoms with Crippen molar-refractivity contribution in [2.24, 2.45) is 0 Å². The van der Waals surface area contributed by atoms with Crippen molar-refractivity contribution >= 4 is 11.7 Å². The van der Waals surface area contributed by atoms with Gasteiger partial charge in [-0.3, -0.25) is 9.78 Å². The first-order chi connectivity index (χ1) is 13.6. The zero-order valence-corrected chi connectivity index (χ0v) is 15.4. The molecule has 8 nitrogen and oxygen atoms in total. The first kappa shape index (κ1) is 17.5. The molecular weight excluding hydrogens is 354 g/mol. The minimum absolute atomic E-state index is 0.334. The van der Waals surface area contributed by atoms with Crippen LogP contribution in [0.1, 0.15) is 21.7 Å². The van der Waals surface area contributed by atoms with Crippen molar-refractivity contribution in [3.05, 3.63) is 78.1 Å². The molecule has 8 heteroatoms. The van der Waals surface area contributed by atoms with Crippen molar-refractivity contribution in [3.8, 4) is 17.2 Å². The topological polar surface area (TPSA) is 98.5 Å². The summed E-state index contributed by atoms with van der Waals surface area (Å²) in [7, 11) is 0. The second-order valence-electron chi connectivity index (χ2n) is 6.23. The summed E-state index contributed by atoms with van der Waals surface area (Å²) in [5.74, 6) is 0.500. The molecule has 0 unspecified atom stereocenters. The van der Waals surface area contributed by atoms with Crippen LogP contribution in [0, 0.1) is 13.8 Å². The third-order valence-corrected chi connectivity index (χ3v) is 3.99. The predicted molar refractivity (Wildman–Crippen MR) is 104 cm³/mol. The van der Waals surface area contributed by atoms with Gasteiger partial charge in [-0.15, -0.1) is 0 Å². The third kappa shape index (κ3) is 3.61. The largest absolute Gasteiger partial charge is 0.305 e. The van der Waals surface area contributed by atoms with Gasteiger partial charge in [-0.25, -0.2) is 19.6 Å². The molecule has 4 rings (SSSR count). The van der Waals surface area contributed by atoms with Gasteiger partial charge in [-0.05, 0) is 55.8 Å². The average molecular weight is 371 g/mol. The van der Waals surface area contributed by atoms with Crippen LogP contribution in [0.2, 0.25) is 0 Å². The molecule has 0 atom stereocenters. The molecule has 4 aromatic rings. The number of anilines is 1. The Balaban J connectivity index is 1.61. The van der Waals surface area contributed by atoms with E-state index >= 15 is 0 Å². The zero-order chi connectivity index (χ0) is 19.5. The Kier molecular flexibility index (Phi) is 4.59. The minimum Gasteiger partial charge on any atom is -0.305 e. The van der Waals surface area contributed by atoms with Crippen molar-refractivity contribution in [1.29, 1.82) is 0 Å². The molecule has 0 aliphatic carbocycles. The van der Waals surface area contributed by atoms with Gasteiger partial charge in [0.1, 0.15) is 17.2 Å². The molecule has 0 bridgehead atoms. The normalized spacial score (nSPS) is 10.6. The first-order valence-corrected chi connectivity index (χ1v) is 8.64. The molecule has 0 radical (unpaired) electrons. The van der Waals surface area contributed by atoms with Crippen molar-refractivity contribution < 1.29 is 4.79 Å². The Bertz CT molecular complexity index is 1120. The van der Waals surface area contributed by atoms with Crippen molar-refractivity contribution in [3.63, 3.8) is 0 Å². The second-order valence-corrected chi connectivity index (χ2v) is 6.23. The molecule has 4 aromatic heterocycles. The lowest BCUT2D eigenvalue weighted by Crippen LogP contribution is -2.18. The van der Waals surface area contributed by atoms with Crippen LogP contribution in [0.3, 0.4) is 0 Å². The van der Waals surface area contributed by atoms with Crippen molar-refractivity contribution in [2.45, 2.75) is 13.8 Å². The molecule has 0 fully saturated rings. The van der Waals surface area contributed by atoms with E-state index in [1.807, 2.05) is 32.0 Å². The van der Waals surface area contributed by atoms with Gasteiger partial charge in [-0.1, -0.05) is 0 Å². The van der Waals surface area contributed by atoms with Crippen LogP contribution in [0.4, 0.5) is 5.82 Å². The lowest BCUT2D eigenvalue weighted by Gasteiger charge is -2.09. The lowest BCUT2D eigenvalue weighted by molar-refractivity contribution is 0.101. The second kappa shape index (κ2) is 7.36. The fraction of sp³-hybridized carbons (Fsp3) is 0.100. The first-order valence-electron chi connectivity index (χ1n) is 8.64. The summed E-state index contributed by atoms with van der Waals surface area (Å²) in [6.07, 6.45) is 6.46. The Morgan fingerprint density at radius 2 is 1.93 bits per heavy atom. The summed E-state index contributed by atoms with van der Waals surface area (Å²) >= 11 is 0. The van der Waals surface area contributed by atoms with E-state index < -0.39 is 0 Å². The number of nitrogens with zero attached hydrogens (tertiary/aromatic N) is 6. The minimum atomic E-state index is -0.334. The summed E-state index contributed by atoms with van der Waals surface area (Å²) in [6, 6.07) is 10.8. The van der Waals surface area contributed by atoms with Gasteiger partial charge in [0.05, 0.1) is 18.1 Å². The Labute approximate surface area is 161 Å². The van der Waals surface area contributed by atoms with Gasteiger partial charge in [0, 0.05) is 18.1 Å². The van der Waals surface area contributed by atoms with Gasteiger partial charge < -0.3 is 5.32 Å². The van der Waals surface area contributed by atoms with E-state index in [1.165, 1.54) is 4.68 Å². The van der Waals surface area contributed by atoms with E-state index in [1.54, 1.807) is 43.0 Å². The summed E-state index contributed by atoms with van der Waals surface area (Å²) in [5.41, 5.74) is 3.68. The summed E-state index contributed by atoms with van der Waals surface area (Å²) in [6.45, 7) is 3.91. The quantitative estimate of drug-likeness (QED) is 0.592. The summed E-state index contributed by atoms with van der Waals surface area (Å²) in [4.78, 5) is 30.0. The molecule has 28 heavy (non-hydrogen) atoms. The summed E-state index contributed by atoms with van der Waals surface area (Å²) < 4.78 is 1.52. The van der Waals surface area contributed by atoms with E-state index in [0.717, 1.165) is 11.3 Å². The van der Waals surface area contributed by atoms with E-state index in [0.29, 0.717) is 28.7 Å². The number of hydrogen-bond acceptors (Lipinski definition) is 6. The summed E-state index contributed by atoms with van der Waals surface area (Å²) in [5, 5.41) is 7.00. The number of aryl methyl sites for hydroxylation is 2. The number of amides is 1. The number of carbonyl (C=O) groups is 1. The van der Waals surface area contributed by atoms with Crippen LogP contribution in [-0.4, -0.2) is 35.6 Å². The number of aromatic nitrogens is 6. The molecule has 0 aromatic carbocycles. The maximum Gasteiger partial charge on any atom is 0.275 e. The number of rotatable bonds is 4. The smallest absolute Gasteiger partial charge is 0.275 e. The van der Waals surface area contributed by atoms with Crippen molar-refractivity contribution in [1.82, 2.24) is 29.7 Å². The SMILES string of the molecule is Cc1cc(C)nc(-c2nccc(NC(=O)c3ccnn3-c3cccnc3)n2)c1. The number of carbonyl (C=O) groups excluding carboxylic acids is 1. The van der Waals surface area contributed by atoms with E-state index in [9.17, 15) is 4.79 Å². The average Bonchev–Trinajstić information content (AvgIpc) is 3.18. The van der Waals surface area contributed by atoms with Gasteiger partial charge in [0.2, 0.25) is 0 Å². The molecule has 0 saturated heterocycles. The van der Waals surface area contributed by atoms with Crippen LogP contribution in [0.5, 0.6) is 0 Å². The maximum atomic E-state index is 12.8. The Hall–Kier alpha value is -3.94. The zero-order valence-electron chi connectivity index (χ0n) is 15.4. The predicted octanol–water partition coefficient (Wildman–Crippen LogP) is 2.99. The van der Waals surface area contributed by atoms with Crippen LogP contribution >= 0.6 is 0 Å². The molecule has 0 aliphatic rings. The molecule has 138 valence electrons. The van der Waals surface area contributed by atoms with Crippen LogP contribution < -0.4 is 5.32 Å². The van der Waals surface area contributed by atoms with Crippen LogP contribution in [0.25, 0.3) is 17.2 Å². The van der Waals surface area contributed by atoms with Gasteiger partial charge in [0.25, 0.3) is 5.91 Å². The molecule has 0 aliphatic heterocycles. The Morgan fingerprint density at radius 1 is 1.04 bits per heavy atom. The molecule has 4 heterocycles. The van der Waals surface area contributed by atoms with Gasteiger partial charge in [-0.2, -0.15) is 5.10 Å². The highest BCUT2D eigenvalue weighted by Gasteiger charge is 2.15. The molecule has 1 N–H and O–H groups in total. The van der Waals surface area contributed by atoms with Crippen molar-refractivity contribution in [2.75, 3.05) is 5.32 Å². The molecular formula is C20H17N7O. The van der Waals surface area contributed by atoms with Crippen LogP contribution in [-0.2, 0) is 0 Å². The molecule has 0 saturated carbocycles. The standard InChI is InChI=1S/C20H17N7O/c1-13-10-14(2)24-16(11-13)19-22-8-6-18(25-19)26-20(28)17-5-9-23-27(17)15-4-3-7-21-12-15/h3-12H,1-2H3,(H,22,25,26,28). The van der Waals surface area contributed by atoms with Gasteiger partial charge in [0.15, 0.2) is 5.82 Å².